The molecule has 110 valence electrons. The summed E-state index contributed by atoms with van der Waals surface area (Å²) in [4.78, 5) is 23.4. The van der Waals surface area contributed by atoms with Crippen LogP contribution in [0.2, 0.25) is 0 Å². The molecule has 0 fully saturated rings. The Labute approximate surface area is 171 Å². The standard InChI is InChI=1S/C17H16O4.K.H/c18-15(19)17(16(20)21,11-13-7-3-1-4-8-13)12-14-9-5-2-6-10-14;;/h1-10H,11-12H2,(H,18,19)(H,20,21);;. The van der Waals surface area contributed by atoms with Crippen molar-refractivity contribution in [3.05, 3.63) is 71.8 Å². The molecule has 22 heavy (non-hydrogen) atoms. The molecular weight excluding hydrogens is 307 g/mol. The van der Waals surface area contributed by atoms with Crippen LogP contribution in [0.3, 0.4) is 0 Å². The Morgan fingerprint density at radius 1 is 0.727 bits per heavy atom. The third-order valence-electron chi connectivity index (χ3n) is 3.52. The van der Waals surface area contributed by atoms with Gasteiger partial charge in [0.15, 0.2) is 5.41 Å². The number of aliphatic carboxylic acids is 2. The van der Waals surface area contributed by atoms with Gasteiger partial charge in [-0.25, -0.2) is 0 Å². The molecule has 0 atom stereocenters. The van der Waals surface area contributed by atoms with E-state index < -0.39 is 17.4 Å². The molecule has 0 aliphatic carbocycles. The number of carboxylic acid groups (broad SMARTS) is 2. The minimum absolute atomic E-state index is 0. The summed E-state index contributed by atoms with van der Waals surface area (Å²) < 4.78 is 0. The van der Waals surface area contributed by atoms with Crippen molar-refractivity contribution in [2.75, 3.05) is 0 Å². The molecule has 5 heteroatoms. The van der Waals surface area contributed by atoms with Crippen molar-refractivity contribution < 1.29 is 19.8 Å². The SMILES string of the molecule is O=C(O)C(Cc1ccccc1)(Cc1ccccc1)C(=O)O.[KH]. The number of benzene rings is 2. The van der Waals surface area contributed by atoms with Gasteiger partial charge in [0.25, 0.3) is 0 Å². The molecule has 0 amide bonds. The predicted molar refractivity (Wildman–Crippen MR) is 85.1 cm³/mol. The Hall–Kier alpha value is -0.984. The van der Waals surface area contributed by atoms with Gasteiger partial charge in [0.2, 0.25) is 0 Å². The van der Waals surface area contributed by atoms with E-state index in [4.69, 9.17) is 0 Å². The Balaban J connectivity index is 0.00000242. The van der Waals surface area contributed by atoms with Crippen LogP contribution in [0.15, 0.2) is 60.7 Å². The van der Waals surface area contributed by atoms with Crippen LogP contribution >= 0.6 is 0 Å². The molecule has 4 nitrogen and oxygen atoms in total. The second kappa shape index (κ2) is 8.60. The molecule has 0 heterocycles. The first-order valence-electron chi connectivity index (χ1n) is 6.59. The summed E-state index contributed by atoms with van der Waals surface area (Å²) in [6.45, 7) is 0. The summed E-state index contributed by atoms with van der Waals surface area (Å²) in [7, 11) is 0. The molecule has 0 bridgehead atoms. The minimum atomic E-state index is -1.86. The molecule has 0 unspecified atom stereocenters. The average molecular weight is 324 g/mol. The van der Waals surface area contributed by atoms with Gasteiger partial charge in [0.1, 0.15) is 0 Å². The van der Waals surface area contributed by atoms with Crippen molar-refractivity contribution >= 4 is 63.3 Å². The van der Waals surface area contributed by atoms with E-state index >= 15 is 0 Å². The van der Waals surface area contributed by atoms with Crippen molar-refractivity contribution in [1.82, 2.24) is 0 Å². The molecule has 2 N–H and O–H groups in total. The van der Waals surface area contributed by atoms with E-state index in [-0.39, 0.29) is 64.2 Å². The second-order valence-electron chi connectivity index (χ2n) is 5.02. The van der Waals surface area contributed by atoms with Crippen LogP contribution in [0.1, 0.15) is 11.1 Å². The molecule has 0 radical (unpaired) electrons. The molecule has 2 aromatic carbocycles. The van der Waals surface area contributed by atoms with E-state index in [0.717, 1.165) is 0 Å². The third kappa shape index (κ3) is 4.50. The van der Waals surface area contributed by atoms with Gasteiger partial charge < -0.3 is 10.2 Å². The molecule has 0 aliphatic rings. The molecule has 0 aliphatic heterocycles. The van der Waals surface area contributed by atoms with Crippen molar-refractivity contribution in [2.24, 2.45) is 5.41 Å². The van der Waals surface area contributed by atoms with E-state index in [1.807, 2.05) is 12.1 Å². The van der Waals surface area contributed by atoms with Crippen molar-refractivity contribution in [2.45, 2.75) is 12.8 Å². The van der Waals surface area contributed by atoms with E-state index in [2.05, 4.69) is 0 Å². The topological polar surface area (TPSA) is 74.6 Å². The van der Waals surface area contributed by atoms with E-state index in [1.165, 1.54) is 0 Å². The van der Waals surface area contributed by atoms with E-state index in [1.54, 1.807) is 48.5 Å². The van der Waals surface area contributed by atoms with Gasteiger partial charge >= 0.3 is 63.3 Å². The third-order valence-corrected chi connectivity index (χ3v) is 3.52. The summed E-state index contributed by atoms with van der Waals surface area (Å²) in [6.07, 6.45) is -0.0964. The van der Waals surface area contributed by atoms with Gasteiger partial charge in [-0.1, -0.05) is 60.7 Å². The van der Waals surface area contributed by atoms with Crippen molar-refractivity contribution in [1.29, 1.82) is 0 Å². The normalized spacial score (nSPS) is 10.5. The first-order chi connectivity index (χ1) is 10.0. The number of rotatable bonds is 6. The number of carbonyl (C=O) groups is 2. The number of hydrogen-bond acceptors (Lipinski definition) is 2. The molecule has 0 saturated carbocycles. The molecular formula is C17H17KO4. The maximum absolute atomic E-state index is 11.7. The second-order valence-corrected chi connectivity index (χ2v) is 5.02. The molecule has 0 aromatic heterocycles. The van der Waals surface area contributed by atoms with Gasteiger partial charge in [-0.05, 0) is 24.0 Å². The zero-order chi connectivity index (χ0) is 15.3. The van der Waals surface area contributed by atoms with Gasteiger partial charge in [-0.15, -0.1) is 0 Å². The fraction of sp³-hybridized carbons (Fsp3) is 0.176. The van der Waals surface area contributed by atoms with Crippen LogP contribution in [-0.2, 0) is 22.4 Å². The van der Waals surface area contributed by atoms with Crippen molar-refractivity contribution in [3.8, 4) is 0 Å². The summed E-state index contributed by atoms with van der Waals surface area (Å²) in [5.41, 5.74) is -0.473. The van der Waals surface area contributed by atoms with Crippen LogP contribution in [-0.4, -0.2) is 73.5 Å². The van der Waals surface area contributed by atoms with E-state index in [0.29, 0.717) is 11.1 Å². The van der Waals surface area contributed by atoms with Crippen LogP contribution in [0.5, 0.6) is 0 Å². The average Bonchev–Trinajstić information content (AvgIpc) is 2.48. The predicted octanol–water partition coefficient (Wildman–Crippen LogP) is 1.98. The Morgan fingerprint density at radius 3 is 1.32 bits per heavy atom. The van der Waals surface area contributed by atoms with Gasteiger partial charge in [0.05, 0.1) is 0 Å². The zero-order valence-electron chi connectivity index (χ0n) is 11.4. The summed E-state index contributed by atoms with van der Waals surface area (Å²) >= 11 is 0. The zero-order valence-corrected chi connectivity index (χ0v) is 11.4. The quantitative estimate of drug-likeness (QED) is 0.629. The molecule has 2 aromatic rings. The van der Waals surface area contributed by atoms with Gasteiger partial charge in [0, 0.05) is 0 Å². The van der Waals surface area contributed by atoms with E-state index in [9.17, 15) is 19.8 Å². The van der Waals surface area contributed by atoms with Crippen LogP contribution in [0, 0.1) is 5.41 Å². The summed E-state index contributed by atoms with van der Waals surface area (Å²) in [5, 5.41) is 19.1. The molecule has 2 rings (SSSR count). The monoisotopic (exact) mass is 324 g/mol. The first-order valence-corrected chi connectivity index (χ1v) is 6.59. The van der Waals surface area contributed by atoms with Gasteiger partial charge in [-0.2, -0.15) is 0 Å². The maximum atomic E-state index is 11.7. The van der Waals surface area contributed by atoms with Crippen LogP contribution < -0.4 is 0 Å². The first kappa shape index (κ1) is 19.1. The Bertz CT molecular complexity index is 568. The van der Waals surface area contributed by atoms with Gasteiger partial charge in [-0.3, -0.25) is 9.59 Å². The Kier molecular flexibility index (Phi) is 7.45. The van der Waals surface area contributed by atoms with Crippen molar-refractivity contribution in [3.63, 3.8) is 0 Å². The van der Waals surface area contributed by atoms with Crippen LogP contribution in [0.4, 0.5) is 0 Å². The molecule has 0 saturated heterocycles. The fourth-order valence-electron chi connectivity index (χ4n) is 2.35. The number of hydrogen-bond donors (Lipinski definition) is 2. The molecule has 0 spiro atoms. The fourth-order valence-corrected chi connectivity index (χ4v) is 2.35. The summed E-state index contributed by atoms with van der Waals surface area (Å²) in [6, 6.07) is 17.7. The summed E-state index contributed by atoms with van der Waals surface area (Å²) in [5.74, 6) is -2.63. The van der Waals surface area contributed by atoms with Crippen LogP contribution in [0.25, 0.3) is 0 Å². The Morgan fingerprint density at radius 2 is 1.05 bits per heavy atom. The number of carboxylic acids is 2.